The zero-order valence-electron chi connectivity index (χ0n) is 12.0. The summed E-state index contributed by atoms with van der Waals surface area (Å²) >= 11 is 0. The van der Waals surface area contributed by atoms with E-state index in [0.717, 1.165) is 5.56 Å². The third-order valence-electron chi connectivity index (χ3n) is 3.67. The Hall–Kier alpha value is -2.24. The zero-order chi connectivity index (χ0) is 15.0. The monoisotopic (exact) mass is 289 g/mol. The SMILES string of the molecule is CCc1noc([C@H]2CC(=O)N(c3cc(C)ccc3F)C2)n1. The lowest BCUT2D eigenvalue weighted by molar-refractivity contribution is -0.117. The molecule has 0 aliphatic carbocycles. The maximum atomic E-state index is 13.9. The van der Waals surface area contributed by atoms with Crippen molar-refractivity contribution in [3.05, 3.63) is 41.3 Å². The van der Waals surface area contributed by atoms with Crippen LogP contribution < -0.4 is 4.90 Å². The molecule has 1 aromatic heterocycles. The smallest absolute Gasteiger partial charge is 0.232 e. The largest absolute Gasteiger partial charge is 0.339 e. The molecule has 3 rings (SSSR count). The molecular weight excluding hydrogens is 273 g/mol. The standard InChI is InChI=1S/C15H16FN3O2/c1-3-13-17-15(21-18-13)10-7-14(20)19(8-10)12-6-9(2)4-5-11(12)16/h4-6,10H,3,7-8H2,1-2H3/t10-/m0/s1. The van der Waals surface area contributed by atoms with Crippen LogP contribution in [-0.4, -0.2) is 22.6 Å². The highest BCUT2D eigenvalue weighted by Crippen LogP contribution is 2.32. The van der Waals surface area contributed by atoms with Gasteiger partial charge in [0.2, 0.25) is 11.8 Å². The highest BCUT2D eigenvalue weighted by molar-refractivity contribution is 5.96. The summed E-state index contributed by atoms with van der Waals surface area (Å²) in [7, 11) is 0. The highest BCUT2D eigenvalue weighted by Gasteiger charge is 2.36. The van der Waals surface area contributed by atoms with Crippen molar-refractivity contribution in [3.63, 3.8) is 0 Å². The van der Waals surface area contributed by atoms with Gasteiger partial charge in [0.25, 0.3) is 0 Å². The third kappa shape index (κ3) is 2.53. The van der Waals surface area contributed by atoms with Gasteiger partial charge in [-0.2, -0.15) is 4.98 Å². The summed E-state index contributed by atoms with van der Waals surface area (Å²) in [6, 6.07) is 4.75. The fourth-order valence-electron chi connectivity index (χ4n) is 2.51. The average Bonchev–Trinajstić information content (AvgIpc) is 3.08. The second kappa shape index (κ2) is 5.27. The summed E-state index contributed by atoms with van der Waals surface area (Å²) in [5.41, 5.74) is 1.23. The molecule has 110 valence electrons. The first kappa shape index (κ1) is 13.7. The fraction of sp³-hybridized carbons (Fsp3) is 0.400. The molecule has 1 saturated heterocycles. The summed E-state index contributed by atoms with van der Waals surface area (Å²) in [5, 5.41) is 3.84. The van der Waals surface area contributed by atoms with E-state index in [-0.39, 0.29) is 18.2 Å². The van der Waals surface area contributed by atoms with Crippen LogP contribution in [0.5, 0.6) is 0 Å². The van der Waals surface area contributed by atoms with Crippen molar-refractivity contribution in [2.45, 2.75) is 32.6 Å². The van der Waals surface area contributed by atoms with E-state index in [9.17, 15) is 9.18 Å². The minimum atomic E-state index is -0.394. The molecule has 0 radical (unpaired) electrons. The van der Waals surface area contributed by atoms with Gasteiger partial charge >= 0.3 is 0 Å². The Morgan fingerprint density at radius 2 is 2.29 bits per heavy atom. The molecule has 6 heteroatoms. The number of aryl methyl sites for hydroxylation is 2. The lowest BCUT2D eigenvalue weighted by atomic mass is 10.1. The molecule has 21 heavy (non-hydrogen) atoms. The highest BCUT2D eigenvalue weighted by atomic mass is 19.1. The molecule has 1 aliphatic heterocycles. The molecule has 5 nitrogen and oxygen atoms in total. The summed E-state index contributed by atoms with van der Waals surface area (Å²) in [6.07, 6.45) is 0.944. The number of hydrogen-bond donors (Lipinski definition) is 0. The summed E-state index contributed by atoms with van der Waals surface area (Å²) in [6.45, 7) is 4.17. The molecule has 1 fully saturated rings. The number of halogens is 1. The van der Waals surface area contributed by atoms with Crippen LogP contribution in [0.4, 0.5) is 10.1 Å². The molecule has 0 N–H and O–H groups in total. The molecule has 0 saturated carbocycles. The lowest BCUT2D eigenvalue weighted by Gasteiger charge is -2.17. The quantitative estimate of drug-likeness (QED) is 0.871. The van der Waals surface area contributed by atoms with Crippen LogP contribution in [0, 0.1) is 12.7 Å². The fourth-order valence-corrected chi connectivity index (χ4v) is 2.51. The van der Waals surface area contributed by atoms with Gasteiger partial charge < -0.3 is 9.42 Å². The van der Waals surface area contributed by atoms with Gasteiger partial charge in [0.05, 0.1) is 11.6 Å². The van der Waals surface area contributed by atoms with Crippen molar-refractivity contribution >= 4 is 11.6 Å². The van der Waals surface area contributed by atoms with Gasteiger partial charge in [-0.15, -0.1) is 0 Å². The Bertz CT molecular complexity index is 683. The predicted octanol–water partition coefficient (Wildman–Crippen LogP) is 2.60. The Kier molecular flexibility index (Phi) is 3.45. The predicted molar refractivity (Wildman–Crippen MR) is 74.5 cm³/mol. The second-order valence-electron chi connectivity index (χ2n) is 5.26. The molecule has 1 atom stereocenters. The summed E-state index contributed by atoms with van der Waals surface area (Å²) in [5.74, 6) is 0.383. The van der Waals surface area contributed by atoms with Crippen LogP contribution in [-0.2, 0) is 11.2 Å². The van der Waals surface area contributed by atoms with Crippen molar-refractivity contribution < 1.29 is 13.7 Å². The van der Waals surface area contributed by atoms with Gasteiger partial charge in [0.1, 0.15) is 5.82 Å². The molecule has 0 unspecified atom stereocenters. The average molecular weight is 289 g/mol. The van der Waals surface area contributed by atoms with E-state index in [1.54, 1.807) is 12.1 Å². The van der Waals surface area contributed by atoms with Gasteiger partial charge in [-0.1, -0.05) is 18.1 Å². The van der Waals surface area contributed by atoms with Crippen LogP contribution in [0.2, 0.25) is 0 Å². The number of anilines is 1. The van der Waals surface area contributed by atoms with Crippen molar-refractivity contribution in [1.29, 1.82) is 0 Å². The van der Waals surface area contributed by atoms with Crippen molar-refractivity contribution in [1.82, 2.24) is 10.1 Å². The number of benzene rings is 1. The van der Waals surface area contributed by atoms with Gasteiger partial charge in [-0.05, 0) is 24.6 Å². The van der Waals surface area contributed by atoms with E-state index in [2.05, 4.69) is 10.1 Å². The number of aromatic nitrogens is 2. The molecule has 1 amide bonds. The minimum absolute atomic E-state index is 0.124. The summed E-state index contributed by atoms with van der Waals surface area (Å²) < 4.78 is 19.1. The van der Waals surface area contributed by atoms with Gasteiger partial charge in [0, 0.05) is 19.4 Å². The maximum absolute atomic E-state index is 13.9. The van der Waals surface area contributed by atoms with Gasteiger partial charge in [0.15, 0.2) is 5.82 Å². The zero-order valence-corrected chi connectivity index (χ0v) is 12.0. The van der Waals surface area contributed by atoms with E-state index in [4.69, 9.17) is 4.52 Å². The van der Waals surface area contributed by atoms with Crippen molar-refractivity contribution in [2.75, 3.05) is 11.4 Å². The number of amides is 1. The molecule has 1 aliphatic rings. The first-order valence-electron chi connectivity index (χ1n) is 6.97. The Morgan fingerprint density at radius 1 is 1.48 bits per heavy atom. The van der Waals surface area contributed by atoms with Crippen LogP contribution in [0.3, 0.4) is 0 Å². The van der Waals surface area contributed by atoms with Gasteiger partial charge in [-0.3, -0.25) is 4.79 Å². The topological polar surface area (TPSA) is 59.2 Å². The normalized spacial score (nSPS) is 18.5. The Morgan fingerprint density at radius 3 is 3.00 bits per heavy atom. The molecule has 0 bridgehead atoms. The first-order valence-corrected chi connectivity index (χ1v) is 6.97. The van der Waals surface area contributed by atoms with E-state index in [0.29, 0.717) is 30.4 Å². The molecule has 2 aromatic rings. The Balaban J connectivity index is 1.86. The van der Waals surface area contributed by atoms with E-state index in [1.165, 1.54) is 11.0 Å². The molecule has 0 spiro atoms. The number of nitrogens with zero attached hydrogens (tertiary/aromatic N) is 3. The molecule has 1 aromatic carbocycles. The number of carbonyl (C=O) groups excluding carboxylic acids is 1. The lowest BCUT2D eigenvalue weighted by Crippen LogP contribution is -2.25. The van der Waals surface area contributed by atoms with E-state index >= 15 is 0 Å². The van der Waals surface area contributed by atoms with Gasteiger partial charge in [-0.25, -0.2) is 4.39 Å². The van der Waals surface area contributed by atoms with Crippen LogP contribution in [0.15, 0.2) is 22.7 Å². The maximum Gasteiger partial charge on any atom is 0.232 e. The minimum Gasteiger partial charge on any atom is -0.339 e. The van der Waals surface area contributed by atoms with E-state index < -0.39 is 5.82 Å². The van der Waals surface area contributed by atoms with Crippen molar-refractivity contribution in [2.24, 2.45) is 0 Å². The molecule has 2 heterocycles. The third-order valence-corrected chi connectivity index (χ3v) is 3.67. The number of rotatable bonds is 3. The molecular formula is C15H16FN3O2. The first-order chi connectivity index (χ1) is 10.1. The van der Waals surface area contributed by atoms with Crippen LogP contribution in [0.25, 0.3) is 0 Å². The number of carbonyl (C=O) groups is 1. The van der Waals surface area contributed by atoms with Crippen LogP contribution in [0.1, 0.15) is 36.5 Å². The second-order valence-corrected chi connectivity index (χ2v) is 5.26. The van der Waals surface area contributed by atoms with Crippen molar-refractivity contribution in [3.8, 4) is 0 Å². The number of hydrogen-bond acceptors (Lipinski definition) is 4. The summed E-state index contributed by atoms with van der Waals surface area (Å²) in [4.78, 5) is 17.9. The van der Waals surface area contributed by atoms with E-state index in [1.807, 2.05) is 13.8 Å². The van der Waals surface area contributed by atoms with Crippen LogP contribution >= 0.6 is 0 Å². The Labute approximate surface area is 121 Å².